The summed E-state index contributed by atoms with van der Waals surface area (Å²) < 4.78 is 23.1. The van der Waals surface area contributed by atoms with Crippen LogP contribution in [0.4, 0.5) is 0 Å². The number of hydrogen-bond donors (Lipinski definition) is 2. The molecule has 2 atom stereocenters. The number of hydrogen-bond acceptors (Lipinski definition) is 4. The van der Waals surface area contributed by atoms with E-state index in [1.165, 1.54) is 0 Å². The summed E-state index contributed by atoms with van der Waals surface area (Å²) in [5.74, 6) is 0.00855. The third-order valence-electron chi connectivity index (χ3n) is 3.48. The van der Waals surface area contributed by atoms with Gasteiger partial charge in [0.1, 0.15) is 0 Å². The Morgan fingerprint density at radius 2 is 2.10 bits per heavy atom. The first-order chi connectivity index (χ1) is 9.85. The van der Waals surface area contributed by atoms with Crippen LogP contribution in [0.25, 0.3) is 0 Å². The van der Waals surface area contributed by atoms with Crippen LogP contribution in [0.1, 0.15) is 24.9 Å². The largest absolute Gasteiger partial charge is 0.350 e. The molecule has 7 heteroatoms. The Balaban J connectivity index is 1.88. The van der Waals surface area contributed by atoms with E-state index in [-0.39, 0.29) is 35.9 Å². The van der Waals surface area contributed by atoms with Crippen molar-refractivity contribution in [1.29, 1.82) is 0 Å². The molecule has 1 heterocycles. The quantitative estimate of drug-likeness (QED) is 0.872. The molecule has 1 unspecified atom stereocenters. The minimum atomic E-state index is -3.02. The molecule has 1 fully saturated rings. The summed E-state index contributed by atoms with van der Waals surface area (Å²) in [5, 5.41) is 6.59. The van der Waals surface area contributed by atoms with Gasteiger partial charge < -0.3 is 10.6 Å². The maximum atomic E-state index is 12.0. The number of carbonyl (C=O) groups excluding carboxylic acids is 1. The number of halogens is 1. The van der Waals surface area contributed by atoms with Gasteiger partial charge in [-0.05, 0) is 24.6 Å². The summed E-state index contributed by atoms with van der Waals surface area (Å²) in [6, 6.07) is 6.81. The first-order valence-electron chi connectivity index (χ1n) is 6.84. The van der Waals surface area contributed by atoms with Crippen molar-refractivity contribution in [1.82, 2.24) is 10.6 Å². The van der Waals surface area contributed by atoms with Crippen LogP contribution in [0, 0.1) is 0 Å². The molecule has 5 nitrogen and oxygen atoms in total. The summed E-state index contributed by atoms with van der Waals surface area (Å²) in [7, 11) is -3.02. The second-order valence-corrected chi connectivity index (χ2v) is 7.98. The normalized spacial score (nSPS) is 22.5. The maximum Gasteiger partial charge on any atom is 0.222 e. The molecule has 1 amide bonds. The van der Waals surface area contributed by atoms with Crippen LogP contribution in [0.5, 0.6) is 0 Å². The second kappa shape index (κ2) is 6.77. The Labute approximate surface area is 130 Å². The van der Waals surface area contributed by atoms with Crippen molar-refractivity contribution >= 4 is 27.3 Å². The lowest BCUT2D eigenvalue weighted by Gasteiger charge is -2.24. The van der Waals surface area contributed by atoms with Crippen molar-refractivity contribution in [3.63, 3.8) is 0 Å². The van der Waals surface area contributed by atoms with E-state index < -0.39 is 9.84 Å². The molecule has 1 aromatic rings. The fraction of sp³-hybridized carbons (Fsp3) is 0.500. The van der Waals surface area contributed by atoms with Crippen molar-refractivity contribution in [3.8, 4) is 0 Å². The molecule has 1 aliphatic heterocycles. The molecular weight excluding hydrogens is 312 g/mol. The van der Waals surface area contributed by atoms with Crippen molar-refractivity contribution < 1.29 is 13.2 Å². The fourth-order valence-electron chi connectivity index (χ4n) is 2.36. The number of nitrogens with one attached hydrogen (secondary N) is 2. The highest BCUT2D eigenvalue weighted by molar-refractivity contribution is 7.91. The van der Waals surface area contributed by atoms with E-state index in [2.05, 4.69) is 10.6 Å². The topological polar surface area (TPSA) is 75.3 Å². The molecule has 21 heavy (non-hydrogen) atoms. The van der Waals surface area contributed by atoms with Crippen LogP contribution in [-0.2, 0) is 14.6 Å². The molecule has 0 bridgehead atoms. The van der Waals surface area contributed by atoms with Crippen LogP contribution in [0.3, 0.4) is 0 Å². The SMILES string of the molecule is C[C@H](NC(=O)CC1CS(=O)(=O)CCN1)c1ccc(Cl)cc1. The maximum absolute atomic E-state index is 12.0. The van der Waals surface area contributed by atoms with Gasteiger partial charge >= 0.3 is 0 Å². The molecular formula is C14H19ClN2O3S. The highest BCUT2D eigenvalue weighted by Gasteiger charge is 2.26. The van der Waals surface area contributed by atoms with E-state index in [0.29, 0.717) is 11.6 Å². The molecule has 2 N–H and O–H groups in total. The third kappa shape index (κ3) is 4.98. The highest BCUT2D eigenvalue weighted by Crippen LogP contribution is 2.16. The highest BCUT2D eigenvalue weighted by atomic mass is 35.5. The van der Waals surface area contributed by atoms with E-state index >= 15 is 0 Å². The monoisotopic (exact) mass is 330 g/mol. The number of amides is 1. The Morgan fingerprint density at radius 1 is 1.43 bits per heavy atom. The third-order valence-corrected chi connectivity index (χ3v) is 5.47. The van der Waals surface area contributed by atoms with Gasteiger partial charge in [0.2, 0.25) is 5.91 Å². The van der Waals surface area contributed by atoms with E-state index in [9.17, 15) is 13.2 Å². The lowest BCUT2D eigenvalue weighted by Crippen LogP contribution is -2.47. The fourth-order valence-corrected chi connectivity index (χ4v) is 3.93. The number of rotatable bonds is 4. The molecule has 1 saturated heterocycles. The predicted octanol–water partition coefficient (Wildman–Crippen LogP) is 1.29. The van der Waals surface area contributed by atoms with Gasteiger partial charge in [0.05, 0.1) is 17.5 Å². The standard InChI is InChI=1S/C14H19ClN2O3S/c1-10(11-2-4-12(15)5-3-11)17-14(18)8-13-9-21(19,20)7-6-16-13/h2-5,10,13,16H,6-9H2,1H3,(H,17,18)/t10-,13?/m0/s1. The lowest BCUT2D eigenvalue weighted by molar-refractivity contribution is -0.122. The summed E-state index contributed by atoms with van der Waals surface area (Å²) in [4.78, 5) is 12.0. The second-order valence-electron chi connectivity index (χ2n) is 5.31. The Morgan fingerprint density at radius 3 is 2.71 bits per heavy atom. The van der Waals surface area contributed by atoms with Crippen LogP contribution >= 0.6 is 11.6 Å². The van der Waals surface area contributed by atoms with Gasteiger partial charge in [-0.25, -0.2) is 8.42 Å². The molecule has 2 rings (SSSR count). The van der Waals surface area contributed by atoms with Crippen molar-refractivity contribution in [2.75, 3.05) is 18.1 Å². The summed E-state index contributed by atoms with van der Waals surface area (Å²) >= 11 is 5.83. The van der Waals surface area contributed by atoms with Crippen LogP contribution in [-0.4, -0.2) is 38.4 Å². The first-order valence-corrected chi connectivity index (χ1v) is 9.04. The molecule has 0 aliphatic carbocycles. The van der Waals surface area contributed by atoms with Gasteiger partial charge in [-0.3, -0.25) is 4.79 Å². The molecule has 0 aromatic heterocycles. The number of sulfone groups is 1. The van der Waals surface area contributed by atoms with Gasteiger partial charge in [-0.1, -0.05) is 23.7 Å². The predicted molar refractivity (Wildman–Crippen MR) is 83.1 cm³/mol. The summed E-state index contributed by atoms with van der Waals surface area (Å²) in [6.45, 7) is 2.29. The van der Waals surface area contributed by atoms with Crippen LogP contribution in [0.2, 0.25) is 5.02 Å². The van der Waals surface area contributed by atoms with Crippen LogP contribution in [0.15, 0.2) is 24.3 Å². The summed E-state index contributed by atoms with van der Waals surface area (Å²) in [5.41, 5.74) is 0.956. The van der Waals surface area contributed by atoms with Gasteiger partial charge in [-0.2, -0.15) is 0 Å². The van der Waals surface area contributed by atoms with Gasteiger partial charge in [-0.15, -0.1) is 0 Å². The molecule has 1 aromatic carbocycles. The van der Waals surface area contributed by atoms with Crippen molar-refractivity contribution in [3.05, 3.63) is 34.9 Å². The minimum absolute atomic E-state index is 0.0236. The van der Waals surface area contributed by atoms with Gasteiger partial charge in [0, 0.05) is 24.0 Å². The molecule has 0 saturated carbocycles. The minimum Gasteiger partial charge on any atom is -0.350 e. The smallest absolute Gasteiger partial charge is 0.222 e. The molecule has 116 valence electrons. The van der Waals surface area contributed by atoms with E-state index in [1.54, 1.807) is 12.1 Å². The zero-order chi connectivity index (χ0) is 15.5. The van der Waals surface area contributed by atoms with Crippen LogP contribution < -0.4 is 10.6 Å². The van der Waals surface area contributed by atoms with E-state index in [1.807, 2.05) is 19.1 Å². The molecule has 1 aliphatic rings. The summed E-state index contributed by atoms with van der Waals surface area (Å²) in [6.07, 6.45) is 0.164. The zero-order valence-electron chi connectivity index (χ0n) is 11.8. The van der Waals surface area contributed by atoms with Gasteiger partial charge in [0.25, 0.3) is 0 Å². The number of carbonyl (C=O) groups is 1. The zero-order valence-corrected chi connectivity index (χ0v) is 13.4. The molecule has 0 radical (unpaired) electrons. The van der Waals surface area contributed by atoms with Gasteiger partial charge in [0.15, 0.2) is 9.84 Å². The van der Waals surface area contributed by atoms with Crippen molar-refractivity contribution in [2.24, 2.45) is 0 Å². The first kappa shape index (κ1) is 16.3. The Kier molecular flexibility index (Phi) is 5.24. The Hall–Kier alpha value is -1.11. The lowest BCUT2D eigenvalue weighted by atomic mass is 10.1. The number of benzene rings is 1. The average molecular weight is 331 g/mol. The average Bonchev–Trinajstić information content (AvgIpc) is 2.37. The van der Waals surface area contributed by atoms with E-state index in [0.717, 1.165) is 5.56 Å². The van der Waals surface area contributed by atoms with Crippen molar-refractivity contribution in [2.45, 2.75) is 25.4 Å². The Bertz CT molecular complexity index is 601. The molecule has 0 spiro atoms. The van der Waals surface area contributed by atoms with E-state index in [4.69, 9.17) is 11.6 Å².